The van der Waals surface area contributed by atoms with Crippen LogP contribution in [0.5, 0.6) is 0 Å². The summed E-state index contributed by atoms with van der Waals surface area (Å²) in [6, 6.07) is 0. The van der Waals surface area contributed by atoms with E-state index in [9.17, 15) is 0 Å². The van der Waals surface area contributed by atoms with E-state index in [1.165, 1.54) is 6.33 Å². The van der Waals surface area contributed by atoms with Gasteiger partial charge in [0.05, 0.1) is 0 Å². The molecule has 1 aromatic rings. The first-order chi connectivity index (χ1) is 4.43. The summed E-state index contributed by atoms with van der Waals surface area (Å²) < 4.78 is 0. The molecule has 1 rings (SSSR count). The van der Waals surface area contributed by atoms with Gasteiger partial charge in [0.25, 0.3) is 0 Å². The Kier molecular flexibility index (Phi) is 2.01. The number of aromatic nitrogens is 3. The van der Waals surface area contributed by atoms with E-state index < -0.39 is 0 Å². The van der Waals surface area contributed by atoms with Crippen molar-refractivity contribution in [2.24, 2.45) is 0 Å². The fourth-order valence-corrected chi connectivity index (χ4v) is 0.525. The number of H-pyrrole nitrogens is 1. The van der Waals surface area contributed by atoms with Gasteiger partial charge in [-0.05, 0) is 12.5 Å². The quantitative estimate of drug-likeness (QED) is 0.642. The number of hydrogen-bond acceptors (Lipinski definition) is 2. The Hall–Kier alpha value is -1.12. The molecule has 1 N–H and O–H groups in total. The van der Waals surface area contributed by atoms with E-state index >= 15 is 0 Å². The van der Waals surface area contributed by atoms with Crippen LogP contribution in [0, 0.1) is 0 Å². The predicted molar refractivity (Wildman–Crippen MR) is 35.7 cm³/mol. The van der Waals surface area contributed by atoms with Gasteiger partial charge in [-0.2, -0.15) is 5.10 Å². The third kappa shape index (κ3) is 1.68. The molecule has 1 aromatic heterocycles. The van der Waals surface area contributed by atoms with Crippen LogP contribution in [0.4, 0.5) is 0 Å². The smallest absolute Gasteiger partial charge is 0.147 e. The van der Waals surface area contributed by atoms with Crippen LogP contribution in [0.3, 0.4) is 0 Å². The van der Waals surface area contributed by atoms with Crippen molar-refractivity contribution < 1.29 is 0 Å². The first kappa shape index (κ1) is 6.01. The second kappa shape index (κ2) is 3.02. The van der Waals surface area contributed by atoms with Crippen molar-refractivity contribution in [3.63, 3.8) is 0 Å². The molecule has 0 amide bonds. The van der Waals surface area contributed by atoms with E-state index in [0.29, 0.717) is 0 Å². The number of hydrogen-bond donors (Lipinski definition) is 1. The summed E-state index contributed by atoms with van der Waals surface area (Å²) in [7, 11) is 0. The molecule has 9 heavy (non-hydrogen) atoms. The highest BCUT2D eigenvalue weighted by molar-refractivity contribution is 5.37. The van der Waals surface area contributed by atoms with Crippen molar-refractivity contribution in [2.45, 2.75) is 13.3 Å². The fraction of sp³-hybridized carbons (Fsp3) is 0.333. The van der Waals surface area contributed by atoms with E-state index in [1.54, 1.807) is 0 Å². The van der Waals surface area contributed by atoms with Crippen LogP contribution in [0.25, 0.3) is 6.08 Å². The number of rotatable bonds is 2. The molecule has 0 radical (unpaired) electrons. The summed E-state index contributed by atoms with van der Waals surface area (Å²) in [5.74, 6) is 0.817. The minimum atomic E-state index is 0.817. The monoisotopic (exact) mass is 123 g/mol. The topological polar surface area (TPSA) is 41.6 Å². The van der Waals surface area contributed by atoms with Gasteiger partial charge in [-0.3, -0.25) is 5.10 Å². The van der Waals surface area contributed by atoms with Crippen LogP contribution in [0.2, 0.25) is 0 Å². The lowest BCUT2D eigenvalue weighted by Crippen LogP contribution is -1.72. The number of aromatic amines is 1. The maximum Gasteiger partial charge on any atom is 0.147 e. The molecule has 0 aromatic carbocycles. The summed E-state index contributed by atoms with van der Waals surface area (Å²) in [4.78, 5) is 3.90. The molecule has 1 heterocycles. The zero-order valence-corrected chi connectivity index (χ0v) is 5.33. The normalized spacial score (nSPS) is 10.8. The van der Waals surface area contributed by atoms with Crippen LogP contribution in [-0.2, 0) is 0 Å². The van der Waals surface area contributed by atoms with E-state index in [-0.39, 0.29) is 0 Å². The van der Waals surface area contributed by atoms with Crippen molar-refractivity contribution >= 4 is 6.08 Å². The Labute approximate surface area is 53.8 Å². The first-order valence-corrected chi connectivity index (χ1v) is 2.95. The highest BCUT2D eigenvalue weighted by Gasteiger charge is 1.82. The van der Waals surface area contributed by atoms with Gasteiger partial charge in [0.2, 0.25) is 0 Å². The van der Waals surface area contributed by atoms with Gasteiger partial charge >= 0.3 is 0 Å². The second-order valence-electron chi connectivity index (χ2n) is 1.68. The van der Waals surface area contributed by atoms with Crippen LogP contribution < -0.4 is 0 Å². The van der Waals surface area contributed by atoms with E-state index in [2.05, 4.69) is 22.1 Å². The van der Waals surface area contributed by atoms with Gasteiger partial charge in [-0.15, -0.1) is 0 Å². The summed E-state index contributed by atoms with van der Waals surface area (Å²) >= 11 is 0. The first-order valence-electron chi connectivity index (χ1n) is 2.95. The van der Waals surface area contributed by atoms with Gasteiger partial charge in [0.15, 0.2) is 0 Å². The molecule has 0 saturated heterocycles. The van der Waals surface area contributed by atoms with Crippen molar-refractivity contribution in [1.82, 2.24) is 15.2 Å². The molecule has 3 nitrogen and oxygen atoms in total. The SMILES string of the molecule is CCC=Cc1ncn[nH]1. The summed E-state index contributed by atoms with van der Waals surface area (Å²) in [6.45, 7) is 2.08. The summed E-state index contributed by atoms with van der Waals surface area (Å²) in [5, 5.41) is 6.41. The molecular formula is C6H9N3. The maximum atomic E-state index is 3.90. The van der Waals surface area contributed by atoms with Gasteiger partial charge in [0.1, 0.15) is 12.2 Å². The van der Waals surface area contributed by atoms with Crippen molar-refractivity contribution in [3.8, 4) is 0 Å². The maximum absolute atomic E-state index is 3.90. The molecule has 0 saturated carbocycles. The average Bonchev–Trinajstić information content (AvgIpc) is 2.34. The number of allylic oxidation sites excluding steroid dienone is 1. The standard InChI is InChI=1S/C6H9N3/c1-2-3-4-6-7-5-8-9-6/h3-5H,2H2,1H3,(H,7,8,9). The van der Waals surface area contributed by atoms with Crippen LogP contribution in [0.1, 0.15) is 19.2 Å². The van der Waals surface area contributed by atoms with Crippen molar-refractivity contribution in [1.29, 1.82) is 0 Å². The summed E-state index contributed by atoms with van der Waals surface area (Å²) in [6.07, 6.45) is 6.46. The van der Waals surface area contributed by atoms with Crippen LogP contribution >= 0.6 is 0 Å². The summed E-state index contributed by atoms with van der Waals surface area (Å²) in [5.41, 5.74) is 0. The highest BCUT2D eigenvalue weighted by atomic mass is 15.2. The molecule has 48 valence electrons. The molecule has 0 atom stereocenters. The van der Waals surface area contributed by atoms with E-state index in [4.69, 9.17) is 0 Å². The zero-order chi connectivity index (χ0) is 6.53. The van der Waals surface area contributed by atoms with Gasteiger partial charge in [-0.25, -0.2) is 4.98 Å². The second-order valence-corrected chi connectivity index (χ2v) is 1.68. The Balaban J connectivity index is 2.57. The minimum Gasteiger partial charge on any atom is -0.260 e. The molecule has 0 aliphatic rings. The van der Waals surface area contributed by atoms with Crippen LogP contribution in [0.15, 0.2) is 12.4 Å². The lowest BCUT2D eigenvalue weighted by molar-refractivity contribution is 1.08. The van der Waals surface area contributed by atoms with E-state index in [1.807, 2.05) is 12.2 Å². The van der Waals surface area contributed by atoms with Crippen molar-refractivity contribution in [2.75, 3.05) is 0 Å². The van der Waals surface area contributed by atoms with Gasteiger partial charge in [-0.1, -0.05) is 13.0 Å². The van der Waals surface area contributed by atoms with Gasteiger partial charge in [0, 0.05) is 0 Å². The Morgan fingerprint density at radius 3 is 3.22 bits per heavy atom. The third-order valence-electron chi connectivity index (χ3n) is 0.945. The predicted octanol–water partition coefficient (Wildman–Crippen LogP) is 1.23. The highest BCUT2D eigenvalue weighted by Crippen LogP contribution is 1.90. The molecule has 0 aliphatic heterocycles. The Morgan fingerprint density at radius 1 is 1.78 bits per heavy atom. The zero-order valence-electron chi connectivity index (χ0n) is 5.33. The Morgan fingerprint density at radius 2 is 2.67 bits per heavy atom. The average molecular weight is 123 g/mol. The molecule has 0 unspecified atom stereocenters. The third-order valence-corrected chi connectivity index (χ3v) is 0.945. The van der Waals surface area contributed by atoms with Crippen molar-refractivity contribution in [3.05, 3.63) is 18.2 Å². The van der Waals surface area contributed by atoms with Crippen LogP contribution in [-0.4, -0.2) is 15.2 Å². The lowest BCUT2D eigenvalue weighted by atomic mass is 10.4. The fourth-order valence-electron chi connectivity index (χ4n) is 0.525. The molecule has 0 bridgehead atoms. The number of nitrogens with zero attached hydrogens (tertiary/aromatic N) is 2. The molecular weight excluding hydrogens is 114 g/mol. The largest absolute Gasteiger partial charge is 0.260 e. The molecule has 3 heteroatoms. The minimum absolute atomic E-state index is 0.817. The van der Waals surface area contributed by atoms with Gasteiger partial charge < -0.3 is 0 Å². The lowest BCUT2D eigenvalue weighted by Gasteiger charge is -1.77. The molecule has 0 fully saturated rings. The number of nitrogens with one attached hydrogen (secondary N) is 1. The van der Waals surface area contributed by atoms with E-state index in [0.717, 1.165) is 12.2 Å². The molecule has 0 aliphatic carbocycles. The Bertz CT molecular complexity index is 176. The molecule has 0 spiro atoms.